The number of fused-ring (bicyclic) bond motifs is 1. The molecule has 4 rings (SSSR count). The van der Waals surface area contributed by atoms with Crippen LogP contribution in [0.4, 0.5) is 0 Å². The normalized spacial score (nSPS) is 21.3. The predicted molar refractivity (Wildman–Crippen MR) is 94.8 cm³/mol. The Morgan fingerprint density at radius 3 is 2.92 bits per heavy atom. The fourth-order valence-corrected chi connectivity index (χ4v) is 4.39. The van der Waals surface area contributed by atoms with E-state index in [-0.39, 0.29) is 0 Å². The van der Waals surface area contributed by atoms with Crippen LogP contribution in [0.5, 0.6) is 0 Å². The van der Waals surface area contributed by atoms with Crippen molar-refractivity contribution in [2.45, 2.75) is 71.0 Å². The summed E-state index contributed by atoms with van der Waals surface area (Å²) >= 11 is 0. The number of hydrogen-bond donors (Lipinski definition) is 0. The van der Waals surface area contributed by atoms with E-state index < -0.39 is 0 Å². The second-order valence-corrected chi connectivity index (χ2v) is 7.37. The summed E-state index contributed by atoms with van der Waals surface area (Å²) in [6.07, 6.45) is 12.9. The summed E-state index contributed by atoms with van der Waals surface area (Å²) in [7, 11) is 2.22. The molecule has 0 amide bonds. The quantitative estimate of drug-likeness (QED) is 0.846. The molecule has 3 heterocycles. The molecule has 1 aliphatic heterocycles. The Hall–Kier alpha value is -1.62. The molecule has 2 aromatic heterocycles. The van der Waals surface area contributed by atoms with Crippen molar-refractivity contribution in [2.75, 3.05) is 6.54 Å². The average molecular weight is 327 g/mol. The van der Waals surface area contributed by atoms with Gasteiger partial charge in [0.15, 0.2) is 0 Å². The van der Waals surface area contributed by atoms with Crippen LogP contribution in [-0.4, -0.2) is 30.8 Å². The van der Waals surface area contributed by atoms with Gasteiger partial charge in [-0.15, -0.1) is 0 Å². The minimum absolute atomic E-state index is 0.468. The van der Waals surface area contributed by atoms with Crippen LogP contribution < -0.4 is 0 Å². The molecule has 5 heteroatoms. The van der Waals surface area contributed by atoms with Crippen LogP contribution in [-0.2, 0) is 33.0 Å². The van der Waals surface area contributed by atoms with Gasteiger partial charge in [0.25, 0.3) is 0 Å². The molecule has 1 atom stereocenters. The fraction of sp³-hybridized carbons (Fsp3) is 0.684. The molecule has 0 saturated carbocycles. The summed E-state index contributed by atoms with van der Waals surface area (Å²) in [6.45, 7) is 5.36. The first-order valence-electron chi connectivity index (χ1n) is 9.56. The Morgan fingerprint density at radius 2 is 2.08 bits per heavy atom. The molecule has 1 aliphatic carbocycles. The van der Waals surface area contributed by atoms with Gasteiger partial charge in [0, 0.05) is 37.6 Å². The van der Waals surface area contributed by atoms with Crippen molar-refractivity contribution < 1.29 is 0 Å². The van der Waals surface area contributed by atoms with Gasteiger partial charge in [-0.3, -0.25) is 9.58 Å². The highest BCUT2D eigenvalue weighted by Gasteiger charge is 2.31. The first-order chi connectivity index (χ1) is 11.8. The van der Waals surface area contributed by atoms with Gasteiger partial charge in [0.2, 0.25) is 0 Å². The molecule has 0 aromatic carbocycles. The third-order valence-corrected chi connectivity index (χ3v) is 5.60. The number of likely N-dealkylation sites (tertiary alicyclic amines) is 1. The van der Waals surface area contributed by atoms with Crippen molar-refractivity contribution in [3.63, 3.8) is 0 Å². The number of rotatable bonds is 5. The van der Waals surface area contributed by atoms with Gasteiger partial charge >= 0.3 is 0 Å². The summed E-state index contributed by atoms with van der Waals surface area (Å²) in [5.41, 5.74) is 4.18. The smallest absolute Gasteiger partial charge is 0.126 e. The molecule has 0 bridgehead atoms. The maximum Gasteiger partial charge on any atom is 0.126 e. The Bertz CT molecular complexity index is 699. The zero-order valence-electron chi connectivity index (χ0n) is 15.0. The summed E-state index contributed by atoms with van der Waals surface area (Å²) < 4.78 is 4.47. The number of hydrogen-bond acceptors (Lipinski definition) is 3. The van der Waals surface area contributed by atoms with Gasteiger partial charge < -0.3 is 4.57 Å². The third-order valence-electron chi connectivity index (χ3n) is 5.60. The number of aromatic nitrogens is 4. The van der Waals surface area contributed by atoms with Crippen molar-refractivity contribution >= 4 is 0 Å². The van der Waals surface area contributed by atoms with Crippen LogP contribution in [0.15, 0.2) is 12.4 Å². The van der Waals surface area contributed by atoms with Gasteiger partial charge in [0.05, 0.1) is 17.9 Å². The zero-order chi connectivity index (χ0) is 16.5. The van der Waals surface area contributed by atoms with Crippen molar-refractivity contribution in [2.24, 2.45) is 7.05 Å². The monoisotopic (exact) mass is 327 g/mol. The van der Waals surface area contributed by atoms with Crippen LogP contribution in [0.3, 0.4) is 0 Å². The molecule has 5 nitrogen and oxygen atoms in total. The van der Waals surface area contributed by atoms with E-state index in [4.69, 9.17) is 4.98 Å². The van der Waals surface area contributed by atoms with E-state index in [9.17, 15) is 0 Å². The SMILES string of the molecule is CCCn1cc(CN2CCCC2c2nc3c(n2C)CCCC3)cn1. The Labute approximate surface area is 144 Å². The lowest BCUT2D eigenvalue weighted by atomic mass is 10.0. The highest BCUT2D eigenvalue weighted by Crippen LogP contribution is 2.34. The van der Waals surface area contributed by atoms with Gasteiger partial charge in [0.1, 0.15) is 5.82 Å². The van der Waals surface area contributed by atoms with E-state index in [0.29, 0.717) is 6.04 Å². The third kappa shape index (κ3) is 2.90. The van der Waals surface area contributed by atoms with E-state index in [0.717, 1.165) is 19.5 Å². The van der Waals surface area contributed by atoms with Crippen LogP contribution >= 0.6 is 0 Å². The second kappa shape index (κ2) is 6.71. The lowest BCUT2D eigenvalue weighted by molar-refractivity contribution is 0.236. The van der Waals surface area contributed by atoms with Crippen molar-refractivity contribution in [1.29, 1.82) is 0 Å². The van der Waals surface area contributed by atoms with Crippen LogP contribution in [0, 0.1) is 0 Å². The predicted octanol–water partition coefficient (Wildman–Crippen LogP) is 3.24. The molecule has 1 unspecified atom stereocenters. The summed E-state index contributed by atoms with van der Waals surface area (Å²) in [6, 6.07) is 0.468. The summed E-state index contributed by atoms with van der Waals surface area (Å²) in [4.78, 5) is 7.66. The maximum atomic E-state index is 5.06. The van der Waals surface area contributed by atoms with Crippen molar-refractivity contribution in [3.8, 4) is 0 Å². The topological polar surface area (TPSA) is 38.9 Å². The molecular formula is C19H29N5. The van der Waals surface area contributed by atoms with Gasteiger partial charge in [-0.25, -0.2) is 4.98 Å². The van der Waals surface area contributed by atoms with E-state index >= 15 is 0 Å². The van der Waals surface area contributed by atoms with Gasteiger partial charge in [-0.1, -0.05) is 6.92 Å². The van der Waals surface area contributed by atoms with Gasteiger partial charge in [-0.05, 0) is 51.5 Å². The zero-order valence-corrected chi connectivity index (χ0v) is 15.0. The average Bonchev–Trinajstić information content (AvgIpc) is 3.29. The van der Waals surface area contributed by atoms with Crippen molar-refractivity contribution in [1.82, 2.24) is 24.2 Å². The molecule has 1 fully saturated rings. The second-order valence-electron chi connectivity index (χ2n) is 7.37. The van der Waals surface area contributed by atoms with E-state index in [1.54, 1.807) is 0 Å². The first kappa shape index (κ1) is 15.9. The summed E-state index contributed by atoms with van der Waals surface area (Å²) in [5.74, 6) is 1.29. The minimum atomic E-state index is 0.468. The highest BCUT2D eigenvalue weighted by atomic mass is 15.3. The lowest BCUT2D eigenvalue weighted by Crippen LogP contribution is -2.25. The molecule has 0 spiro atoms. The van der Waals surface area contributed by atoms with Crippen LogP contribution in [0.1, 0.15) is 67.8 Å². The van der Waals surface area contributed by atoms with Crippen LogP contribution in [0.25, 0.3) is 0 Å². The molecular weight excluding hydrogens is 298 g/mol. The highest BCUT2D eigenvalue weighted by molar-refractivity contribution is 5.22. The minimum Gasteiger partial charge on any atom is -0.334 e. The molecule has 24 heavy (non-hydrogen) atoms. The Balaban J connectivity index is 1.53. The largest absolute Gasteiger partial charge is 0.334 e. The maximum absolute atomic E-state index is 5.06. The number of nitrogens with zero attached hydrogens (tertiary/aromatic N) is 5. The van der Waals surface area contributed by atoms with Gasteiger partial charge in [-0.2, -0.15) is 5.10 Å². The fourth-order valence-electron chi connectivity index (χ4n) is 4.39. The lowest BCUT2D eigenvalue weighted by Gasteiger charge is -2.23. The Kier molecular flexibility index (Phi) is 4.44. The van der Waals surface area contributed by atoms with Crippen molar-refractivity contribution in [3.05, 3.63) is 35.2 Å². The number of aryl methyl sites for hydroxylation is 2. The van der Waals surface area contributed by atoms with E-state index in [2.05, 4.69) is 39.4 Å². The molecule has 0 N–H and O–H groups in total. The number of imidazole rings is 1. The summed E-state index contributed by atoms with van der Waals surface area (Å²) in [5, 5.41) is 4.49. The van der Waals surface area contributed by atoms with Crippen LogP contribution in [0.2, 0.25) is 0 Å². The molecule has 130 valence electrons. The Morgan fingerprint density at radius 1 is 1.21 bits per heavy atom. The molecule has 2 aliphatic rings. The standard InChI is InChI=1S/C19H29N5/c1-3-10-24-14-15(12-20-24)13-23-11-6-9-18(23)19-21-16-7-4-5-8-17(16)22(19)2/h12,14,18H,3-11,13H2,1-2H3. The molecule has 2 aromatic rings. The van der Waals surface area contributed by atoms with E-state index in [1.807, 2.05) is 6.20 Å². The first-order valence-corrected chi connectivity index (χ1v) is 9.56. The van der Waals surface area contributed by atoms with E-state index in [1.165, 1.54) is 67.8 Å². The molecule has 1 saturated heterocycles. The molecule has 0 radical (unpaired) electrons.